The summed E-state index contributed by atoms with van der Waals surface area (Å²) in [5.74, 6) is 0.167. The molecule has 0 aliphatic carbocycles. The number of benzene rings is 1. The van der Waals surface area contributed by atoms with Crippen molar-refractivity contribution >= 4 is 11.5 Å². The van der Waals surface area contributed by atoms with E-state index in [2.05, 4.69) is 11.0 Å². The van der Waals surface area contributed by atoms with Crippen LogP contribution in [0.1, 0.15) is 31.2 Å². The summed E-state index contributed by atoms with van der Waals surface area (Å²) in [5.41, 5.74) is 7.60. The second kappa shape index (κ2) is 5.01. The van der Waals surface area contributed by atoms with Crippen molar-refractivity contribution in [2.75, 3.05) is 18.0 Å². The largest absolute Gasteiger partial charge is 0.384 e. The molecule has 1 fully saturated rings. The number of hydrogen-bond acceptors (Lipinski definition) is 2. The first-order valence-electron chi connectivity index (χ1n) is 5.97. The minimum absolute atomic E-state index is 0.167. The SMILES string of the molecule is N=C(N)c1ccccc1N1CCCCCC1. The van der Waals surface area contributed by atoms with Gasteiger partial charge in [-0.15, -0.1) is 0 Å². The zero-order valence-corrected chi connectivity index (χ0v) is 9.58. The first-order chi connectivity index (χ1) is 7.79. The van der Waals surface area contributed by atoms with Gasteiger partial charge in [0.05, 0.1) is 0 Å². The van der Waals surface area contributed by atoms with Gasteiger partial charge in [-0.05, 0) is 25.0 Å². The third kappa shape index (κ3) is 2.35. The number of anilines is 1. The summed E-state index contributed by atoms with van der Waals surface area (Å²) >= 11 is 0. The van der Waals surface area contributed by atoms with Crippen molar-refractivity contribution in [1.29, 1.82) is 5.41 Å². The molecule has 3 nitrogen and oxygen atoms in total. The van der Waals surface area contributed by atoms with Crippen molar-refractivity contribution in [1.82, 2.24) is 0 Å². The van der Waals surface area contributed by atoms with E-state index in [0.29, 0.717) is 0 Å². The van der Waals surface area contributed by atoms with Crippen LogP contribution in [0.2, 0.25) is 0 Å². The van der Waals surface area contributed by atoms with Crippen LogP contribution in [0.15, 0.2) is 24.3 Å². The van der Waals surface area contributed by atoms with Crippen LogP contribution in [-0.4, -0.2) is 18.9 Å². The molecule has 1 aliphatic heterocycles. The maximum absolute atomic E-state index is 7.60. The fourth-order valence-corrected chi connectivity index (χ4v) is 2.29. The molecule has 1 aliphatic rings. The normalized spacial score (nSPS) is 16.9. The molecule has 0 saturated carbocycles. The van der Waals surface area contributed by atoms with Crippen LogP contribution < -0.4 is 10.6 Å². The summed E-state index contributed by atoms with van der Waals surface area (Å²) in [6, 6.07) is 7.97. The molecule has 16 heavy (non-hydrogen) atoms. The lowest BCUT2D eigenvalue weighted by Crippen LogP contribution is -2.27. The minimum Gasteiger partial charge on any atom is -0.384 e. The number of nitrogen functional groups attached to an aromatic ring is 1. The number of rotatable bonds is 2. The van der Waals surface area contributed by atoms with E-state index >= 15 is 0 Å². The van der Waals surface area contributed by atoms with Crippen molar-refractivity contribution in [3.05, 3.63) is 29.8 Å². The lowest BCUT2D eigenvalue weighted by atomic mass is 10.1. The zero-order chi connectivity index (χ0) is 11.4. The van der Waals surface area contributed by atoms with E-state index in [-0.39, 0.29) is 5.84 Å². The monoisotopic (exact) mass is 217 g/mol. The molecule has 2 rings (SSSR count). The molecule has 0 amide bonds. The second-order valence-electron chi connectivity index (χ2n) is 4.33. The minimum atomic E-state index is 0.167. The highest BCUT2D eigenvalue weighted by Crippen LogP contribution is 2.23. The summed E-state index contributed by atoms with van der Waals surface area (Å²) in [4.78, 5) is 2.36. The molecule has 0 radical (unpaired) electrons. The summed E-state index contributed by atoms with van der Waals surface area (Å²) in [7, 11) is 0. The second-order valence-corrected chi connectivity index (χ2v) is 4.33. The maximum Gasteiger partial charge on any atom is 0.124 e. The molecule has 1 saturated heterocycles. The zero-order valence-electron chi connectivity index (χ0n) is 9.58. The molecule has 86 valence electrons. The van der Waals surface area contributed by atoms with Gasteiger partial charge >= 0.3 is 0 Å². The Morgan fingerprint density at radius 3 is 2.31 bits per heavy atom. The molecular formula is C13H19N3. The Bertz CT molecular complexity index is 365. The molecule has 0 aromatic heterocycles. The van der Waals surface area contributed by atoms with Crippen LogP contribution in [0.25, 0.3) is 0 Å². The van der Waals surface area contributed by atoms with E-state index < -0.39 is 0 Å². The van der Waals surface area contributed by atoms with Gasteiger partial charge in [-0.1, -0.05) is 25.0 Å². The highest BCUT2D eigenvalue weighted by atomic mass is 15.1. The Balaban J connectivity index is 2.27. The third-order valence-corrected chi connectivity index (χ3v) is 3.14. The molecule has 0 bridgehead atoms. The maximum atomic E-state index is 7.60. The first-order valence-corrected chi connectivity index (χ1v) is 5.97. The van der Waals surface area contributed by atoms with Gasteiger partial charge in [0.2, 0.25) is 0 Å². The molecule has 0 unspecified atom stereocenters. The number of para-hydroxylation sites is 1. The Morgan fingerprint density at radius 1 is 1.06 bits per heavy atom. The summed E-state index contributed by atoms with van der Waals surface area (Å²) in [5, 5.41) is 7.60. The highest BCUT2D eigenvalue weighted by molar-refractivity contribution is 6.00. The van der Waals surface area contributed by atoms with Gasteiger partial charge < -0.3 is 10.6 Å². The average Bonchev–Trinajstić information content (AvgIpc) is 2.57. The summed E-state index contributed by atoms with van der Waals surface area (Å²) in [6.45, 7) is 2.18. The Labute approximate surface area is 96.8 Å². The Morgan fingerprint density at radius 2 is 1.69 bits per heavy atom. The summed E-state index contributed by atoms with van der Waals surface area (Å²) < 4.78 is 0. The molecule has 3 heteroatoms. The van der Waals surface area contributed by atoms with Gasteiger partial charge in [0.1, 0.15) is 5.84 Å². The molecule has 3 N–H and O–H groups in total. The fraction of sp³-hybridized carbons (Fsp3) is 0.462. The lowest BCUT2D eigenvalue weighted by Gasteiger charge is -2.24. The van der Waals surface area contributed by atoms with Crippen molar-refractivity contribution in [3.63, 3.8) is 0 Å². The predicted molar refractivity (Wildman–Crippen MR) is 68.1 cm³/mol. The van der Waals surface area contributed by atoms with E-state index in [1.54, 1.807) is 0 Å². The fourth-order valence-electron chi connectivity index (χ4n) is 2.29. The van der Waals surface area contributed by atoms with E-state index in [1.165, 1.54) is 25.7 Å². The predicted octanol–water partition coefficient (Wildman–Crippen LogP) is 2.35. The molecule has 1 heterocycles. The molecule has 1 aromatic rings. The van der Waals surface area contributed by atoms with Crippen LogP contribution in [0.4, 0.5) is 5.69 Å². The van der Waals surface area contributed by atoms with Gasteiger partial charge in [0, 0.05) is 24.3 Å². The molecule has 1 aromatic carbocycles. The number of nitrogens with two attached hydrogens (primary N) is 1. The van der Waals surface area contributed by atoms with Crippen LogP contribution in [-0.2, 0) is 0 Å². The Kier molecular flexibility index (Phi) is 3.44. The van der Waals surface area contributed by atoms with Crippen LogP contribution >= 0.6 is 0 Å². The highest BCUT2D eigenvalue weighted by Gasteiger charge is 2.13. The van der Waals surface area contributed by atoms with Crippen molar-refractivity contribution in [2.45, 2.75) is 25.7 Å². The van der Waals surface area contributed by atoms with Gasteiger partial charge in [0.25, 0.3) is 0 Å². The average molecular weight is 217 g/mol. The lowest BCUT2D eigenvalue weighted by molar-refractivity contribution is 0.726. The Hall–Kier alpha value is -1.51. The molecule has 0 spiro atoms. The number of nitrogens with zero attached hydrogens (tertiary/aromatic N) is 1. The molecular weight excluding hydrogens is 198 g/mol. The van der Waals surface area contributed by atoms with Gasteiger partial charge in [0.15, 0.2) is 0 Å². The molecule has 0 atom stereocenters. The van der Waals surface area contributed by atoms with Crippen molar-refractivity contribution < 1.29 is 0 Å². The van der Waals surface area contributed by atoms with E-state index in [1.807, 2.05) is 18.2 Å². The van der Waals surface area contributed by atoms with Crippen LogP contribution in [0.5, 0.6) is 0 Å². The van der Waals surface area contributed by atoms with Gasteiger partial charge in [-0.2, -0.15) is 0 Å². The van der Waals surface area contributed by atoms with E-state index in [9.17, 15) is 0 Å². The van der Waals surface area contributed by atoms with Crippen LogP contribution in [0.3, 0.4) is 0 Å². The summed E-state index contributed by atoms with van der Waals surface area (Å²) in [6.07, 6.45) is 5.12. The number of amidine groups is 1. The van der Waals surface area contributed by atoms with Gasteiger partial charge in [-0.3, -0.25) is 5.41 Å². The topological polar surface area (TPSA) is 53.1 Å². The van der Waals surface area contributed by atoms with Crippen LogP contribution in [0, 0.1) is 5.41 Å². The first kappa shape index (κ1) is 11.0. The van der Waals surface area contributed by atoms with Crippen molar-refractivity contribution in [3.8, 4) is 0 Å². The smallest absolute Gasteiger partial charge is 0.124 e. The van der Waals surface area contributed by atoms with Crippen molar-refractivity contribution in [2.24, 2.45) is 5.73 Å². The third-order valence-electron chi connectivity index (χ3n) is 3.14. The van der Waals surface area contributed by atoms with E-state index in [0.717, 1.165) is 24.3 Å². The number of nitrogens with one attached hydrogen (secondary N) is 1. The van der Waals surface area contributed by atoms with E-state index in [4.69, 9.17) is 11.1 Å². The quantitative estimate of drug-likeness (QED) is 0.590. The standard InChI is InChI=1S/C13H19N3/c14-13(15)11-7-3-4-8-12(11)16-9-5-1-2-6-10-16/h3-4,7-8H,1-2,5-6,9-10H2,(H3,14,15). The van der Waals surface area contributed by atoms with Gasteiger partial charge in [-0.25, -0.2) is 0 Å². The number of hydrogen-bond donors (Lipinski definition) is 2.